The Kier molecular flexibility index (Phi) is 5.92. The molecule has 0 aromatic heterocycles. The van der Waals surface area contributed by atoms with E-state index in [9.17, 15) is 0 Å². The highest BCUT2D eigenvalue weighted by atomic mass is 79.9. The smallest absolute Gasteiger partial charge is 0.124 e. The second kappa shape index (κ2) is 7.70. The molecule has 0 heterocycles. The first-order chi connectivity index (χ1) is 9.69. The standard InChI is InChI=1S/C16H17Br2NO/c1-2-8-20-16-7-6-14(18)9-12(16)11-19-15-5-3-4-13(17)10-15/h3-7,9-10,19H,2,8,11H2,1H3. The summed E-state index contributed by atoms with van der Waals surface area (Å²) < 4.78 is 7.91. The number of anilines is 1. The first-order valence-electron chi connectivity index (χ1n) is 6.59. The topological polar surface area (TPSA) is 21.3 Å². The quantitative estimate of drug-likeness (QED) is 0.682. The SMILES string of the molecule is CCCOc1ccc(Br)cc1CNc1cccc(Br)c1. The fourth-order valence-electron chi connectivity index (χ4n) is 1.83. The van der Waals surface area contributed by atoms with Crippen molar-refractivity contribution in [2.45, 2.75) is 19.9 Å². The predicted octanol–water partition coefficient (Wildman–Crippen LogP) is 5.61. The Bertz CT molecular complexity index is 572. The second-order valence-electron chi connectivity index (χ2n) is 4.46. The maximum Gasteiger partial charge on any atom is 0.124 e. The van der Waals surface area contributed by atoms with Crippen LogP contribution in [0.2, 0.25) is 0 Å². The third-order valence-corrected chi connectivity index (χ3v) is 3.78. The molecule has 1 N–H and O–H groups in total. The molecule has 20 heavy (non-hydrogen) atoms. The summed E-state index contributed by atoms with van der Waals surface area (Å²) in [6, 6.07) is 14.3. The van der Waals surface area contributed by atoms with Crippen molar-refractivity contribution < 1.29 is 4.74 Å². The van der Waals surface area contributed by atoms with Crippen molar-refractivity contribution in [1.29, 1.82) is 0 Å². The van der Waals surface area contributed by atoms with Gasteiger partial charge in [0.2, 0.25) is 0 Å². The molecule has 0 saturated heterocycles. The molecule has 0 radical (unpaired) electrons. The maximum absolute atomic E-state index is 5.78. The van der Waals surface area contributed by atoms with Gasteiger partial charge in [0.15, 0.2) is 0 Å². The molecule has 2 aromatic carbocycles. The van der Waals surface area contributed by atoms with Crippen molar-refractivity contribution in [3.8, 4) is 5.75 Å². The second-order valence-corrected chi connectivity index (χ2v) is 6.30. The molecular weight excluding hydrogens is 382 g/mol. The lowest BCUT2D eigenvalue weighted by Gasteiger charge is -2.13. The van der Waals surface area contributed by atoms with Crippen molar-refractivity contribution >= 4 is 37.5 Å². The summed E-state index contributed by atoms with van der Waals surface area (Å²) in [5.41, 5.74) is 2.23. The normalized spacial score (nSPS) is 10.3. The number of benzene rings is 2. The van der Waals surface area contributed by atoms with E-state index in [-0.39, 0.29) is 0 Å². The molecule has 0 amide bonds. The van der Waals surface area contributed by atoms with Crippen LogP contribution in [0.3, 0.4) is 0 Å². The minimum Gasteiger partial charge on any atom is -0.493 e. The van der Waals surface area contributed by atoms with Gasteiger partial charge >= 0.3 is 0 Å². The van der Waals surface area contributed by atoms with Gasteiger partial charge in [-0.15, -0.1) is 0 Å². The largest absolute Gasteiger partial charge is 0.493 e. The molecule has 2 rings (SSSR count). The van der Waals surface area contributed by atoms with Gasteiger partial charge in [-0.1, -0.05) is 44.8 Å². The van der Waals surface area contributed by atoms with Crippen molar-refractivity contribution in [3.05, 3.63) is 57.0 Å². The van der Waals surface area contributed by atoms with Gasteiger partial charge in [0.05, 0.1) is 6.61 Å². The molecule has 106 valence electrons. The Morgan fingerprint density at radius 2 is 1.85 bits per heavy atom. The van der Waals surface area contributed by atoms with Crippen LogP contribution in [0.15, 0.2) is 51.4 Å². The number of hydrogen-bond acceptors (Lipinski definition) is 2. The van der Waals surface area contributed by atoms with Gasteiger partial charge in [-0.2, -0.15) is 0 Å². The van der Waals surface area contributed by atoms with E-state index >= 15 is 0 Å². The van der Waals surface area contributed by atoms with Gasteiger partial charge < -0.3 is 10.1 Å². The summed E-state index contributed by atoms with van der Waals surface area (Å²) >= 11 is 6.99. The van der Waals surface area contributed by atoms with Crippen LogP contribution in [0, 0.1) is 0 Å². The van der Waals surface area contributed by atoms with Crippen molar-refractivity contribution in [2.24, 2.45) is 0 Å². The highest BCUT2D eigenvalue weighted by Gasteiger charge is 2.05. The van der Waals surface area contributed by atoms with Gasteiger partial charge in [0.25, 0.3) is 0 Å². The van der Waals surface area contributed by atoms with Crippen LogP contribution in [0.5, 0.6) is 5.75 Å². The Hall–Kier alpha value is -1.00. The molecule has 2 aromatic rings. The molecule has 0 spiro atoms. The Morgan fingerprint density at radius 1 is 1.05 bits per heavy atom. The number of rotatable bonds is 6. The number of halogens is 2. The molecule has 4 heteroatoms. The molecule has 0 unspecified atom stereocenters. The fraction of sp³-hybridized carbons (Fsp3) is 0.250. The van der Waals surface area contributed by atoms with E-state index < -0.39 is 0 Å². The van der Waals surface area contributed by atoms with Crippen molar-refractivity contribution in [1.82, 2.24) is 0 Å². The number of ether oxygens (including phenoxy) is 1. The Balaban J connectivity index is 2.09. The fourth-order valence-corrected chi connectivity index (χ4v) is 2.64. The van der Waals surface area contributed by atoms with Crippen LogP contribution in [0.4, 0.5) is 5.69 Å². The summed E-state index contributed by atoms with van der Waals surface area (Å²) in [7, 11) is 0. The van der Waals surface area contributed by atoms with Crippen LogP contribution in [0.1, 0.15) is 18.9 Å². The van der Waals surface area contributed by atoms with Crippen LogP contribution < -0.4 is 10.1 Å². The van der Waals surface area contributed by atoms with Crippen LogP contribution in [-0.2, 0) is 6.54 Å². The van der Waals surface area contributed by atoms with Gasteiger partial charge in [-0.05, 0) is 42.8 Å². The third kappa shape index (κ3) is 4.53. The molecule has 0 saturated carbocycles. The van der Waals surface area contributed by atoms with Crippen LogP contribution in [-0.4, -0.2) is 6.61 Å². The van der Waals surface area contributed by atoms with E-state index in [4.69, 9.17) is 4.74 Å². The van der Waals surface area contributed by atoms with E-state index in [2.05, 4.69) is 62.3 Å². The van der Waals surface area contributed by atoms with Gasteiger partial charge in [-0.25, -0.2) is 0 Å². The minimum atomic E-state index is 0.731. The van der Waals surface area contributed by atoms with Crippen LogP contribution in [0.25, 0.3) is 0 Å². The summed E-state index contributed by atoms with van der Waals surface area (Å²) in [6.45, 7) is 3.58. The van der Waals surface area contributed by atoms with Gasteiger partial charge in [0, 0.05) is 26.7 Å². The molecule has 0 aliphatic carbocycles. The van der Waals surface area contributed by atoms with Gasteiger partial charge in [-0.3, -0.25) is 0 Å². The zero-order chi connectivity index (χ0) is 14.4. The molecular formula is C16H17Br2NO. The highest BCUT2D eigenvalue weighted by Crippen LogP contribution is 2.25. The lowest BCUT2D eigenvalue weighted by atomic mass is 10.2. The average molecular weight is 399 g/mol. The zero-order valence-corrected chi connectivity index (χ0v) is 14.5. The molecule has 0 fully saturated rings. The first-order valence-corrected chi connectivity index (χ1v) is 8.18. The summed E-state index contributed by atoms with van der Waals surface area (Å²) in [5.74, 6) is 0.942. The maximum atomic E-state index is 5.78. The Labute approximate surface area is 136 Å². The number of nitrogens with one attached hydrogen (secondary N) is 1. The lowest BCUT2D eigenvalue weighted by Crippen LogP contribution is -2.04. The van der Waals surface area contributed by atoms with Gasteiger partial charge in [0.1, 0.15) is 5.75 Å². The highest BCUT2D eigenvalue weighted by molar-refractivity contribution is 9.10. The zero-order valence-electron chi connectivity index (χ0n) is 11.3. The third-order valence-electron chi connectivity index (χ3n) is 2.79. The van der Waals surface area contributed by atoms with E-state index in [0.29, 0.717) is 0 Å². The van der Waals surface area contributed by atoms with Crippen LogP contribution >= 0.6 is 31.9 Å². The monoisotopic (exact) mass is 397 g/mol. The Morgan fingerprint density at radius 3 is 2.60 bits per heavy atom. The summed E-state index contributed by atoms with van der Waals surface area (Å²) in [6.07, 6.45) is 1.01. The molecule has 0 aliphatic rings. The molecule has 0 aliphatic heterocycles. The summed E-state index contributed by atoms with van der Waals surface area (Å²) in [4.78, 5) is 0. The molecule has 0 bridgehead atoms. The molecule has 2 nitrogen and oxygen atoms in total. The number of hydrogen-bond donors (Lipinski definition) is 1. The van der Waals surface area contributed by atoms with Crippen molar-refractivity contribution in [3.63, 3.8) is 0 Å². The van der Waals surface area contributed by atoms with E-state index in [0.717, 1.165) is 45.5 Å². The minimum absolute atomic E-state index is 0.731. The lowest BCUT2D eigenvalue weighted by molar-refractivity contribution is 0.314. The summed E-state index contributed by atoms with van der Waals surface area (Å²) in [5, 5.41) is 3.41. The predicted molar refractivity (Wildman–Crippen MR) is 91.4 cm³/mol. The molecule has 0 atom stereocenters. The van der Waals surface area contributed by atoms with E-state index in [1.54, 1.807) is 0 Å². The van der Waals surface area contributed by atoms with E-state index in [1.807, 2.05) is 24.3 Å². The van der Waals surface area contributed by atoms with E-state index in [1.165, 1.54) is 0 Å². The van der Waals surface area contributed by atoms with Crippen molar-refractivity contribution in [2.75, 3.05) is 11.9 Å². The first kappa shape index (κ1) is 15.4. The average Bonchev–Trinajstić information content (AvgIpc) is 2.44.